The van der Waals surface area contributed by atoms with E-state index in [0.717, 1.165) is 16.4 Å². The lowest BCUT2D eigenvalue weighted by Crippen LogP contribution is -2.04. The van der Waals surface area contributed by atoms with Crippen LogP contribution in [0.3, 0.4) is 0 Å². The van der Waals surface area contributed by atoms with Crippen molar-refractivity contribution in [2.45, 2.75) is 57.0 Å². The van der Waals surface area contributed by atoms with Crippen LogP contribution < -0.4 is 0 Å². The topological polar surface area (TPSA) is 0 Å². The van der Waals surface area contributed by atoms with Crippen LogP contribution in [0.25, 0.3) is 0 Å². The lowest BCUT2D eigenvalue weighted by Gasteiger charge is -2.09. The summed E-state index contributed by atoms with van der Waals surface area (Å²) in [4.78, 5) is 0. The van der Waals surface area contributed by atoms with Crippen molar-refractivity contribution in [3.63, 3.8) is 0 Å². The van der Waals surface area contributed by atoms with Crippen molar-refractivity contribution in [1.82, 2.24) is 0 Å². The largest absolute Gasteiger partial charge is 0.155 e. The van der Waals surface area contributed by atoms with Gasteiger partial charge < -0.3 is 0 Å². The molecule has 1 saturated heterocycles. The average Bonchev–Trinajstić information content (AvgIpc) is 2.32. The highest BCUT2D eigenvalue weighted by atomic mass is 32.2. The van der Waals surface area contributed by atoms with Crippen LogP contribution in [0.5, 0.6) is 0 Å². The fourth-order valence-corrected chi connectivity index (χ4v) is 3.86. The van der Waals surface area contributed by atoms with E-state index in [9.17, 15) is 0 Å². The Morgan fingerprint density at radius 1 is 1.36 bits per heavy atom. The zero-order valence-electron chi connectivity index (χ0n) is 7.97. The fourth-order valence-electron chi connectivity index (χ4n) is 2.01. The maximum Gasteiger partial charge on any atom is 0.00732 e. The first-order chi connectivity index (χ1) is 5.27. The zero-order valence-corrected chi connectivity index (χ0v) is 8.79. The van der Waals surface area contributed by atoms with Gasteiger partial charge in [-0.3, -0.25) is 0 Å². The molecule has 3 unspecified atom stereocenters. The predicted molar refractivity (Wildman–Crippen MR) is 54.1 cm³/mol. The summed E-state index contributed by atoms with van der Waals surface area (Å²) in [5, 5.41) is 1.95. The van der Waals surface area contributed by atoms with E-state index in [1.165, 1.54) is 25.7 Å². The van der Waals surface area contributed by atoms with Crippen LogP contribution in [0, 0.1) is 5.92 Å². The maximum absolute atomic E-state index is 2.41. The molecule has 66 valence electrons. The average molecular weight is 172 g/mol. The van der Waals surface area contributed by atoms with Crippen LogP contribution in [0.15, 0.2) is 0 Å². The summed E-state index contributed by atoms with van der Waals surface area (Å²) in [6.45, 7) is 7.03. The number of hydrogen-bond donors (Lipinski definition) is 0. The third kappa shape index (κ3) is 2.40. The Morgan fingerprint density at radius 3 is 2.55 bits per heavy atom. The summed E-state index contributed by atoms with van der Waals surface area (Å²) in [6, 6.07) is 0. The third-order valence-corrected chi connectivity index (χ3v) is 4.61. The minimum absolute atomic E-state index is 0.964. The Kier molecular flexibility index (Phi) is 3.77. The van der Waals surface area contributed by atoms with Crippen molar-refractivity contribution in [3.8, 4) is 0 Å². The summed E-state index contributed by atoms with van der Waals surface area (Å²) in [7, 11) is 0. The van der Waals surface area contributed by atoms with E-state index in [1.807, 2.05) is 0 Å². The Balaban J connectivity index is 2.30. The molecule has 0 aromatic rings. The molecule has 0 aromatic heterocycles. The molecule has 0 radical (unpaired) electrons. The highest BCUT2D eigenvalue weighted by molar-refractivity contribution is 8.00. The van der Waals surface area contributed by atoms with Crippen LogP contribution in [0.4, 0.5) is 0 Å². The van der Waals surface area contributed by atoms with Crippen molar-refractivity contribution in [2.24, 2.45) is 5.92 Å². The number of hydrogen-bond acceptors (Lipinski definition) is 1. The predicted octanol–water partition coefficient (Wildman–Crippen LogP) is 3.71. The molecule has 1 heterocycles. The molecule has 0 spiro atoms. The molecular formula is C10H20S. The highest BCUT2D eigenvalue weighted by Gasteiger charge is 2.29. The van der Waals surface area contributed by atoms with Crippen LogP contribution >= 0.6 is 11.8 Å². The molecule has 1 fully saturated rings. The van der Waals surface area contributed by atoms with Crippen LogP contribution in [-0.2, 0) is 0 Å². The molecule has 1 heteroatoms. The smallest absolute Gasteiger partial charge is 0.00732 e. The third-order valence-electron chi connectivity index (χ3n) is 2.65. The van der Waals surface area contributed by atoms with Gasteiger partial charge in [-0.2, -0.15) is 11.8 Å². The molecule has 1 aliphatic heterocycles. The van der Waals surface area contributed by atoms with E-state index in [4.69, 9.17) is 0 Å². The van der Waals surface area contributed by atoms with Gasteiger partial charge in [-0.1, -0.05) is 27.2 Å². The van der Waals surface area contributed by atoms with Crippen molar-refractivity contribution in [1.29, 1.82) is 0 Å². The van der Waals surface area contributed by atoms with E-state index < -0.39 is 0 Å². The monoisotopic (exact) mass is 172 g/mol. The molecule has 1 rings (SSSR count). The summed E-state index contributed by atoms with van der Waals surface area (Å²) in [5.74, 6) is 0.974. The Labute approximate surface area is 75.1 Å². The molecule has 1 aliphatic rings. The normalized spacial score (nSPS) is 37.9. The summed E-state index contributed by atoms with van der Waals surface area (Å²) in [6.07, 6.45) is 5.63. The quantitative estimate of drug-likeness (QED) is 0.625. The van der Waals surface area contributed by atoms with E-state index in [2.05, 4.69) is 32.5 Å². The van der Waals surface area contributed by atoms with Gasteiger partial charge in [0, 0.05) is 10.5 Å². The summed E-state index contributed by atoms with van der Waals surface area (Å²) >= 11 is 2.24. The highest BCUT2D eigenvalue weighted by Crippen LogP contribution is 2.41. The first kappa shape index (κ1) is 9.44. The van der Waals surface area contributed by atoms with Gasteiger partial charge >= 0.3 is 0 Å². The van der Waals surface area contributed by atoms with Crippen molar-refractivity contribution < 1.29 is 0 Å². The maximum atomic E-state index is 2.41. The van der Waals surface area contributed by atoms with Crippen LogP contribution in [0.1, 0.15) is 46.5 Å². The Bertz CT molecular complexity index is 111. The molecular weight excluding hydrogens is 152 g/mol. The second kappa shape index (κ2) is 4.39. The lowest BCUT2D eigenvalue weighted by molar-refractivity contribution is 0.515. The summed E-state index contributed by atoms with van der Waals surface area (Å²) < 4.78 is 0. The Morgan fingerprint density at radius 2 is 2.09 bits per heavy atom. The lowest BCUT2D eigenvalue weighted by atomic mass is 9.99. The van der Waals surface area contributed by atoms with Crippen LogP contribution in [-0.4, -0.2) is 10.5 Å². The Hall–Kier alpha value is 0.350. The molecule has 0 amide bonds. The second-order valence-corrected chi connectivity index (χ2v) is 5.25. The van der Waals surface area contributed by atoms with Gasteiger partial charge in [-0.25, -0.2) is 0 Å². The van der Waals surface area contributed by atoms with Gasteiger partial charge in [0.1, 0.15) is 0 Å². The van der Waals surface area contributed by atoms with Gasteiger partial charge in [0.25, 0.3) is 0 Å². The van der Waals surface area contributed by atoms with E-state index in [-0.39, 0.29) is 0 Å². The SMILES string of the molecule is CCCC1CC(C)C(CC)S1. The van der Waals surface area contributed by atoms with Crippen molar-refractivity contribution >= 4 is 11.8 Å². The van der Waals surface area contributed by atoms with E-state index in [0.29, 0.717) is 0 Å². The minimum atomic E-state index is 0.964. The summed E-state index contributed by atoms with van der Waals surface area (Å²) in [5.41, 5.74) is 0. The van der Waals surface area contributed by atoms with Gasteiger partial charge in [0.2, 0.25) is 0 Å². The molecule has 0 aromatic carbocycles. The molecule has 0 bridgehead atoms. The molecule has 11 heavy (non-hydrogen) atoms. The minimum Gasteiger partial charge on any atom is -0.155 e. The molecule has 0 nitrogen and oxygen atoms in total. The fraction of sp³-hybridized carbons (Fsp3) is 1.00. The second-order valence-electron chi connectivity index (χ2n) is 3.71. The van der Waals surface area contributed by atoms with E-state index in [1.54, 1.807) is 0 Å². The van der Waals surface area contributed by atoms with Crippen molar-refractivity contribution in [2.75, 3.05) is 0 Å². The first-order valence-corrected chi connectivity index (χ1v) is 5.87. The molecule has 0 aliphatic carbocycles. The zero-order chi connectivity index (χ0) is 8.27. The molecule has 3 atom stereocenters. The van der Waals surface area contributed by atoms with Gasteiger partial charge in [0.15, 0.2) is 0 Å². The number of thioether (sulfide) groups is 1. The standard InChI is InChI=1S/C10H20S/c1-4-6-9-7-8(3)10(5-2)11-9/h8-10H,4-7H2,1-3H3. The first-order valence-electron chi connectivity index (χ1n) is 4.93. The van der Waals surface area contributed by atoms with Gasteiger partial charge in [-0.05, 0) is 25.2 Å². The molecule has 0 N–H and O–H groups in total. The van der Waals surface area contributed by atoms with Crippen LogP contribution in [0.2, 0.25) is 0 Å². The van der Waals surface area contributed by atoms with E-state index >= 15 is 0 Å². The van der Waals surface area contributed by atoms with Crippen molar-refractivity contribution in [3.05, 3.63) is 0 Å². The van der Waals surface area contributed by atoms with Gasteiger partial charge in [-0.15, -0.1) is 0 Å². The number of rotatable bonds is 3. The molecule has 0 saturated carbocycles. The van der Waals surface area contributed by atoms with Gasteiger partial charge in [0.05, 0.1) is 0 Å².